The van der Waals surface area contributed by atoms with Gasteiger partial charge in [0.05, 0.1) is 25.3 Å². The topological polar surface area (TPSA) is 91.9 Å². The number of carbonyl (C=O) groups is 2. The van der Waals surface area contributed by atoms with E-state index in [4.69, 9.17) is 9.47 Å². The van der Waals surface area contributed by atoms with Crippen molar-refractivity contribution in [2.75, 3.05) is 20.3 Å². The number of para-hydroxylation sites is 1. The third-order valence-electron chi connectivity index (χ3n) is 6.69. The minimum Gasteiger partial charge on any atom is -0.507 e. The predicted molar refractivity (Wildman–Crippen MR) is 142 cm³/mol. The summed E-state index contributed by atoms with van der Waals surface area (Å²) in [4.78, 5) is 31.5. The zero-order valence-corrected chi connectivity index (χ0v) is 20.7. The van der Waals surface area contributed by atoms with E-state index in [1.807, 2.05) is 49.5 Å². The molecule has 5 rings (SSSR count). The van der Waals surface area contributed by atoms with Crippen LogP contribution in [0.1, 0.15) is 29.7 Å². The first kappa shape index (κ1) is 24.2. The fourth-order valence-corrected chi connectivity index (χ4v) is 4.88. The number of nitrogens with one attached hydrogen (secondary N) is 1. The van der Waals surface area contributed by atoms with Gasteiger partial charge in [-0.2, -0.15) is 0 Å². The number of carbonyl (C=O) groups excluding carboxylic acids is 2. The highest BCUT2D eigenvalue weighted by Crippen LogP contribution is 2.40. The fraction of sp³-hybridized carbons (Fsp3) is 0.200. The van der Waals surface area contributed by atoms with Gasteiger partial charge in [0, 0.05) is 29.2 Å². The molecule has 0 saturated carbocycles. The number of H-pyrrole nitrogens is 1. The standard InChI is InChI=1S/C30H28N2O5/c1-3-37-22-13-11-19(12-14-22)28(33)26-27(20-7-6-8-23(17-20)36-2)32(30(35)29(26)34)16-15-21-18-31-25-10-5-4-9-24(21)25/h4-14,17-18,27,31,33H,3,15-16H2,1-2H3/t27-/m1/s1. The van der Waals surface area contributed by atoms with E-state index in [-0.39, 0.29) is 11.3 Å². The van der Waals surface area contributed by atoms with Gasteiger partial charge < -0.3 is 24.5 Å². The summed E-state index contributed by atoms with van der Waals surface area (Å²) in [5.41, 5.74) is 3.24. The quantitative estimate of drug-likeness (QED) is 0.198. The SMILES string of the molecule is CCOc1ccc(C(O)=C2C(=O)C(=O)N(CCc3c[nH]c4ccccc34)[C@@H]2c2cccc(OC)c2)cc1. The van der Waals surface area contributed by atoms with Crippen LogP contribution in [0.15, 0.2) is 84.6 Å². The highest BCUT2D eigenvalue weighted by molar-refractivity contribution is 6.46. The Morgan fingerprint density at radius 3 is 2.54 bits per heavy atom. The van der Waals surface area contributed by atoms with E-state index in [2.05, 4.69) is 4.98 Å². The number of rotatable bonds is 8. The second-order valence-electron chi connectivity index (χ2n) is 8.84. The molecule has 1 atom stereocenters. The molecule has 1 amide bonds. The smallest absolute Gasteiger partial charge is 0.295 e. The number of Topliss-reactive ketones (excluding diaryl/α,β-unsaturated/α-hetero) is 1. The molecule has 188 valence electrons. The van der Waals surface area contributed by atoms with E-state index in [1.165, 1.54) is 0 Å². The third kappa shape index (κ3) is 4.56. The van der Waals surface area contributed by atoms with Crippen LogP contribution in [0.4, 0.5) is 0 Å². The number of hydrogen-bond donors (Lipinski definition) is 2. The van der Waals surface area contributed by atoms with Crippen molar-refractivity contribution in [3.05, 3.63) is 101 Å². The summed E-state index contributed by atoms with van der Waals surface area (Å²) in [7, 11) is 1.56. The van der Waals surface area contributed by atoms with Gasteiger partial charge in [-0.05, 0) is 66.9 Å². The summed E-state index contributed by atoms with van der Waals surface area (Å²) >= 11 is 0. The maximum absolute atomic E-state index is 13.3. The summed E-state index contributed by atoms with van der Waals surface area (Å²) in [5, 5.41) is 12.4. The van der Waals surface area contributed by atoms with Gasteiger partial charge in [-0.15, -0.1) is 0 Å². The van der Waals surface area contributed by atoms with Gasteiger partial charge >= 0.3 is 0 Å². The van der Waals surface area contributed by atoms with Crippen molar-refractivity contribution >= 4 is 28.4 Å². The maximum atomic E-state index is 13.3. The average molecular weight is 497 g/mol. The Kier molecular flexibility index (Phi) is 6.68. The predicted octanol–water partition coefficient (Wildman–Crippen LogP) is 5.24. The van der Waals surface area contributed by atoms with Gasteiger partial charge in [0.15, 0.2) is 0 Å². The first-order valence-corrected chi connectivity index (χ1v) is 12.2. The number of ketones is 1. The van der Waals surface area contributed by atoms with E-state index < -0.39 is 17.7 Å². The van der Waals surface area contributed by atoms with Crippen LogP contribution in [0.5, 0.6) is 11.5 Å². The number of benzene rings is 3. The Hall–Kier alpha value is -4.52. The van der Waals surface area contributed by atoms with E-state index in [9.17, 15) is 14.7 Å². The molecule has 1 saturated heterocycles. The zero-order valence-electron chi connectivity index (χ0n) is 20.7. The Morgan fingerprint density at radius 2 is 1.78 bits per heavy atom. The highest BCUT2D eigenvalue weighted by atomic mass is 16.5. The molecule has 0 unspecified atom stereocenters. The fourth-order valence-electron chi connectivity index (χ4n) is 4.88. The molecule has 1 aliphatic heterocycles. The monoisotopic (exact) mass is 496 g/mol. The number of hydrogen-bond acceptors (Lipinski definition) is 5. The van der Waals surface area contributed by atoms with Crippen LogP contribution in [-0.2, 0) is 16.0 Å². The van der Waals surface area contributed by atoms with Crippen LogP contribution >= 0.6 is 0 Å². The van der Waals surface area contributed by atoms with E-state index in [1.54, 1.807) is 48.4 Å². The minimum absolute atomic E-state index is 0.0568. The van der Waals surface area contributed by atoms with Crippen molar-refractivity contribution in [1.82, 2.24) is 9.88 Å². The molecule has 1 aliphatic rings. The minimum atomic E-state index is -0.758. The molecule has 37 heavy (non-hydrogen) atoms. The van der Waals surface area contributed by atoms with Crippen LogP contribution < -0.4 is 9.47 Å². The number of fused-ring (bicyclic) bond motifs is 1. The Labute approximate surface area is 214 Å². The number of amides is 1. The number of aromatic nitrogens is 1. The molecule has 0 spiro atoms. The summed E-state index contributed by atoms with van der Waals surface area (Å²) < 4.78 is 10.9. The van der Waals surface area contributed by atoms with Gasteiger partial charge in [0.25, 0.3) is 11.7 Å². The van der Waals surface area contributed by atoms with Crippen molar-refractivity contribution in [2.45, 2.75) is 19.4 Å². The summed E-state index contributed by atoms with van der Waals surface area (Å²) in [5.74, 6) is -0.314. The van der Waals surface area contributed by atoms with Crippen molar-refractivity contribution in [3.63, 3.8) is 0 Å². The second-order valence-corrected chi connectivity index (χ2v) is 8.84. The number of nitrogens with zero attached hydrogens (tertiary/aromatic N) is 1. The Bertz CT molecular complexity index is 1490. The maximum Gasteiger partial charge on any atom is 0.295 e. The molecule has 7 heteroatoms. The van der Waals surface area contributed by atoms with Crippen molar-refractivity contribution < 1.29 is 24.2 Å². The summed E-state index contributed by atoms with van der Waals surface area (Å²) in [6.07, 6.45) is 2.47. The second kappa shape index (κ2) is 10.2. The third-order valence-corrected chi connectivity index (χ3v) is 6.69. The van der Waals surface area contributed by atoms with Crippen molar-refractivity contribution in [3.8, 4) is 11.5 Å². The lowest BCUT2D eigenvalue weighted by Crippen LogP contribution is -2.31. The molecule has 2 heterocycles. The average Bonchev–Trinajstić information content (AvgIpc) is 3.46. The van der Waals surface area contributed by atoms with Gasteiger partial charge in [-0.1, -0.05) is 30.3 Å². The molecular formula is C30H28N2O5. The van der Waals surface area contributed by atoms with Crippen LogP contribution in [0.2, 0.25) is 0 Å². The first-order chi connectivity index (χ1) is 18.0. The lowest BCUT2D eigenvalue weighted by Gasteiger charge is -2.25. The van der Waals surface area contributed by atoms with Gasteiger partial charge in [0.2, 0.25) is 0 Å². The number of methoxy groups -OCH3 is 1. The van der Waals surface area contributed by atoms with E-state index in [0.29, 0.717) is 42.2 Å². The number of aliphatic hydroxyl groups is 1. The molecule has 1 aromatic heterocycles. The number of likely N-dealkylation sites (tertiary alicyclic amines) is 1. The van der Waals surface area contributed by atoms with E-state index in [0.717, 1.165) is 16.5 Å². The first-order valence-electron chi connectivity index (χ1n) is 12.2. The van der Waals surface area contributed by atoms with Gasteiger partial charge in [0.1, 0.15) is 17.3 Å². The molecule has 3 aromatic carbocycles. The number of ether oxygens (including phenoxy) is 2. The molecular weight excluding hydrogens is 468 g/mol. The molecule has 2 N–H and O–H groups in total. The van der Waals surface area contributed by atoms with Crippen LogP contribution in [-0.4, -0.2) is 46.9 Å². The number of aliphatic hydroxyl groups excluding tert-OH is 1. The van der Waals surface area contributed by atoms with Gasteiger partial charge in [-0.3, -0.25) is 9.59 Å². The zero-order chi connectivity index (χ0) is 25.9. The molecule has 0 aliphatic carbocycles. The summed E-state index contributed by atoms with van der Waals surface area (Å²) in [6, 6.07) is 21.3. The van der Waals surface area contributed by atoms with Crippen molar-refractivity contribution in [2.24, 2.45) is 0 Å². The lowest BCUT2D eigenvalue weighted by atomic mass is 9.95. The van der Waals surface area contributed by atoms with E-state index >= 15 is 0 Å². The largest absolute Gasteiger partial charge is 0.507 e. The molecule has 1 fully saturated rings. The highest BCUT2D eigenvalue weighted by Gasteiger charge is 2.46. The molecule has 0 radical (unpaired) electrons. The number of aromatic amines is 1. The van der Waals surface area contributed by atoms with Crippen molar-refractivity contribution in [1.29, 1.82) is 0 Å². The van der Waals surface area contributed by atoms with Crippen LogP contribution in [0, 0.1) is 0 Å². The van der Waals surface area contributed by atoms with Crippen LogP contribution in [0.25, 0.3) is 16.7 Å². The Balaban J connectivity index is 1.55. The summed E-state index contributed by atoms with van der Waals surface area (Å²) in [6.45, 7) is 2.71. The van der Waals surface area contributed by atoms with Crippen LogP contribution in [0.3, 0.4) is 0 Å². The normalized spacial score (nSPS) is 16.9. The molecule has 7 nitrogen and oxygen atoms in total. The Morgan fingerprint density at radius 1 is 1.00 bits per heavy atom. The van der Waals surface area contributed by atoms with Gasteiger partial charge in [-0.25, -0.2) is 0 Å². The molecule has 4 aromatic rings. The lowest BCUT2D eigenvalue weighted by molar-refractivity contribution is -0.139. The molecule has 0 bridgehead atoms.